The third-order valence-corrected chi connectivity index (χ3v) is 8.63. The minimum absolute atomic E-state index is 0.0811. The SMILES string of the molecule is CN(CC(NS(=O)(=O)c1ccc(-c2ccccc2)cc1)C(=O)O)C(=O)c1cccc2c(CCCNc3ccccn3)n[nH]c12. The van der Waals surface area contributed by atoms with Crippen molar-refractivity contribution in [1.82, 2.24) is 24.8 Å². The number of sulfonamides is 1. The Hall–Kier alpha value is -5.07. The van der Waals surface area contributed by atoms with E-state index in [2.05, 4.69) is 25.2 Å². The number of rotatable bonds is 13. The summed E-state index contributed by atoms with van der Waals surface area (Å²) in [6.45, 7) is 0.294. The molecule has 0 bridgehead atoms. The lowest BCUT2D eigenvalue weighted by atomic mass is 10.1. The molecule has 5 rings (SSSR count). The van der Waals surface area contributed by atoms with Crippen LogP contribution in [0.15, 0.2) is 102 Å². The molecule has 12 heteroatoms. The molecule has 2 heterocycles. The zero-order chi connectivity index (χ0) is 31.1. The highest BCUT2D eigenvalue weighted by atomic mass is 32.2. The van der Waals surface area contributed by atoms with Crippen LogP contribution < -0.4 is 10.0 Å². The number of anilines is 1. The van der Waals surface area contributed by atoms with Gasteiger partial charge in [0, 0.05) is 31.7 Å². The Bertz CT molecular complexity index is 1850. The predicted molar refractivity (Wildman–Crippen MR) is 168 cm³/mol. The van der Waals surface area contributed by atoms with E-state index in [9.17, 15) is 23.1 Å². The smallest absolute Gasteiger partial charge is 0.323 e. The van der Waals surface area contributed by atoms with Crippen LogP contribution in [-0.4, -0.2) is 71.7 Å². The Kier molecular flexibility index (Phi) is 9.32. The number of para-hydroxylation sites is 1. The number of carbonyl (C=O) groups is 2. The minimum Gasteiger partial charge on any atom is -0.480 e. The van der Waals surface area contributed by atoms with E-state index in [4.69, 9.17) is 0 Å². The van der Waals surface area contributed by atoms with Gasteiger partial charge in [0.05, 0.1) is 21.7 Å². The molecule has 5 aromatic rings. The number of amides is 1. The summed E-state index contributed by atoms with van der Waals surface area (Å²) >= 11 is 0. The fourth-order valence-corrected chi connectivity index (χ4v) is 6.03. The van der Waals surface area contributed by atoms with Crippen molar-refractivity contribution in [3.05, 3.63) is 108 Å². The fraction of sp³-hybridized carbons (Fsp3) is 0.188. The molecule has 0 saturated heterocycles. The van der Waals surface area contributed by atoms with Gasteiger partial charge in [-0.3, -0.25) is 14.7 Å². The molecule has 0 radical (unpaired) electrons. The highest BCUT2D eigenvalue weighted by Crippen LogP contribution is 2.23. The maximum Gasteiger partial charge on any atom is 0.323 e. The van der Waals surface area contributed by atoms with Crippen molar-refractivity contribution in [2.75, 3.05) is 25.5 Å². The van der Waals surface area contributed by atoms with Crippen LogP contribution in [0.2, 0.25) is 0 Å². The van der Waals surface area contributed by atoms with Crippen LogP contribution in [0, 0.1) is 0 Å². The number of hydrogen-bond donors (Lipinski definition) is 4. The molecule has 0 fully saturated rings. The van der Waals surface area contributed by atoms with Crippen LogP contribution in [0.5, 0.6) is 0 Å². The molecule has 0 aliphatic heterocycles. The van der Waals surface area contributed by atoms with Crippen LogP contribution in [0.4, 0.5) is 5.82 Å². The molecule has 0 aliphatic rings. The Labute approximate surface area is 255 Å². The Morgan fingerprint density at radius 1 is 0.932 bits per heavy atom. The molecule has 2 aromatic heterocycles. The average molecular weight is 613 g/mol. The van der Waals surface area contributed by atoms with Crippen molar-refractivity contribution in [2.45, 2.75) is 23.8 Å². The number of nitrogens with one attached hydrogen (secondary N) is 3. The quantitative estimate of drug-likeness (QED) is 0.144. The normalized spacial score (nSPS) is 12.1. The maximum atomic E-state index is 13.4. The van der Waals surface area contributed by atoms with Crippen LogP contribution >= 0.6 is 0 Å². The molecule has 44 heavy (non-hydrogen) atoms. The van der Waals surface area contributed by atoms with E-state index in [1.807, 2.05) is 54.6 Å². The number of benzene rings is 3. The van der Waals surface area contributed by atoms with Crippen LogP contribution in [0.1, 0.15) is 22.5 Å². The third kappa shape index (κ3) is 7.10. The van der Waals surface area contributed by atoms with Crippen LogP contribution in [-0.2, 0) is 21.2 Å². The molecule has 1 unspecified atom stereocenters. The van der Waals surface area contributed by atoms with Gasteiger partial charge in [0.1, 0.15) is 11.9 Å². The van der Waals surface area contributed by atoms with Gasteiger partial charge in [-0.2, -0.15) is 9.82 Å². The van der Waals surface area contributed by atoms with E-state index in [1.54, 1.807) is 30.5 Å². The Morgan fingerprint density at radius 3 is 2.36 bits per heavy atom. The van der Waals surface area contributed by atoms with Crippen molar-refractivity contribution in [1.29, 1.82) is 0 Å². The van der Waals surface area contributed by atoms with Crippen LogP contribution in [0.3, 0.4) is 0 Å². The number of nitrogens with zero attached hydrogens (tertiary/aromatic N) is 3. The number of H-pyrrole nitrogens is 1. The average Bonchev–Trinajstić information content (AvgIpc) is 3.46. The van der Waals surface area contributed by atoms with Gasteiger partial charge in [-0.05, 0) is 54.3 Å². The molecule has 11 nitrogen and oxygen atoms in total. The first-order chi connectivity index (χ1) is 21.2. The number of hydrogen-bond acceptors (Lipinski definition) is 7. The second-order valence-electron chi connectivity index (χ2n) is 10.2. The molecule has 226 valence electrons. The van der Waals surface area contributed by atoms with E-state index in [0.717, 1.165) is 34.4 Å². The first kappa shape index (κ1) is 30.4. The van der Waals surface area contributed by atoms with Gasteiger partial charge in [-0.25, -0.2) is 13.4 Å². The summed E-state index contributed by atoms with van der Waals surface area (Å²) in [5.74, 6) is -1.09. The number of carboxylic acid groups (broad SMARTS) is 1. The summed E-state index contributed by atoms with van der Waals surface area (Å²) in [7, 11) is -2.76. The molecule has 3 aromatic carbocycles. The lowest BCUT2D eigenvalue weighted by Crippen LogP contribution is -2.48. The molecule has 1 atom stereocenters. The molecular formula is C32H32N6O5S. The van der Waals surface area contributed by atoms with Gasteiger partial charge < -0.3 is 15.3 Å². The van der Waals surface area contributed by atoms with Crippen LogP contribution in [0.25, 0.3) is 22.0 Å². The number of aromatic nitrogens is 3. The molecule has 1 amide bonds. The summed E-state index contributed by atoms with van der Waals surface area (Å²) < 4.78 is 28.4. The minimum atomic E-state index is -4.19. The lowest BCUT2D eigenvalue weighted by molar-refractivity contribution is -0.139. The van der Waals surface area contributed by atoms with Crippen molar-refractivity contribution in [3.8, 4) is 11.1 Å². The van der Waals surface area contributed by atoms with Gasteiger partial charge in [-0.1, -0.05) is 60.7 Å². The summed E-state index contributed by atoms with van der Waals surface area (Å²) in [4.78, 5) is 30.9. The zero-order valence-corrected chi connectivity index (χ0v) is 24.8. The van der Waals surface area contributed by atoms with E-state index >= 15 is 0 Å². The highest BCUT2D eigenvalue weighted by Gasteiger charge is 2.29. The summed E-state index contributed by atoms with van der Waals surface area (Å²) in [5.41, 5.74) is 3.38. The summed E-state index contributed by atoms with van der Waals surface area (Å²) in [6.07, 6.45) is 3.16. The lowest BCUT2D eigenvalue weighted by Gasteiger charge is -2.23. The number of aromatic amines is 1. The number of likely N-dealkylation sites (N-methyl/N-ethyl adjacent to an activating group) is 1. The molecule has 4 N–H and O–H groups in total. The van der Waals surface area contributed by atoms with Gasteiger partial charge >= 0.3 is 5.97 Å². The van der Waals surface area contributed by atoms with Gasteiger partial charge in [-0.15, -0.1) is 0 Å². The van der Waals surface area contributed by atoms with E-state index in [-0.39, 0.29) is 4.90 Å². The van der Waals surface area contributed by atoms with E-state index < -0.39 is 34.5 Å². The topological polar surface area (TPSA) is 157 Å². The monoisotopic (exact) mass is 612 g/mol. The fourth-order valence-electron chi connectivity index (χ4n) is 4.85. The standard InChI is InChI=1S/C32H32N6O5S/c1-38(21-28(32(40)41)37-44(42,43)24-17-15-23(16-18-24)22-9-3-2-4-10-22)31(39)26-12-7-11-25-27(35-36-30(25)26)13-8-20-34-29-14-5-6-19-33-29/h2-7,9-12,14-19,28,37H,8,13,20-21H2,1H3,(H,33,34)(H,35,36)(H,40,41). The molecule has 0 aliphatic carbocycles. The highest BCUT2D eigenvalue weighted by molar-refractivity contribution is 7.89. The Balaban J connectivity index is 1.24. The molecule has 0 spiro atoms. The second-order valence-corrected chi connectivity index (χ2v) is 11.9. The summed E-state index contributed by atoms with van der Waals surface area (Å²) in [6, 6.07) is 24.9. The third-order valence-electron chi connectivity index (χ3n) is 7.14. The first-order valence-corrected chi connectivity index (χ1v) is 15.5. The molecule has 0 saturated carbocycles. The van der Waals surface area contributed by atoms with Crippen molar-refractivity contribution >= 4 is 38.6 Å². The number of aliphatic carboxylic acids is 1. The number of aryl methyl sites for hydroxylation is 1. The van der Waals surface area contributed by atoms with Gasteiger partial charge in [0.15, 0.2) is 0 Å². The van der Waals surface area contributed by atoms with E-state index in [1.165, 1.54) is 24.1 Å². The van der Waals surface area contributed by atoms with Gasteiger partial charge in [0.2, 0.25) is 10.0 Å². The largest absolute Gasteiger partial charge is 0.480 e. The Morgan fingerprint density at radius 2 is 1.66 bits per heavy atom. The number of carboxylic acids is 1. The van der Waals surface area contributed by atoms with Gasteiger partial charge in [0.25, 0.3) is 5.91 Å². The van der Waals surface area contributed by atoms with E-state index in [0.29, 0.717) is 24.0 Å². The maximum absolute atomic E-state index is 13.4. The predicted octanol–water partition coefficient (Wildman–Crippen LogP) is 4.17. The number of carbonyl (C=O) groups excluding carboxylic acids is 1. The number of fused-ring (bicyclic) bond motifs is 1. The molecular weight excluding hydrogens is 580 g/mol. The second kappa shape index (κ2) is 13.5. The van der Waals surface area contributed by atoms with Crippen molar-refractivity contribution in [2.24, 2.45) is 0 Å². The summed E-state index contributed by atoms with van der Waals surface area (Å²) in [5, 5.41) is 21.2. The number of pyridine rings is 1. The zero-order valence-electron chi connectivity index (χ0n) is 24.0. The first-order valence-electron chi connectivity index (χ1n) is 14.0. The van der Waals surface area contributed by atoms with Crippen molar-refractivity contribution in [3.63, 3.8) is 0 Å². The van der Waals surface area contributed by atoms with Crippen molar-refractivity contribution < 1.29 is 23.1 Å².